The van der Waals surface area contributed by atoms with Crippen molar-refractivity contribution in [2.24, 2.45) is 0 Å². The Morgan fingerprint density at radius 1 is 0.895 bits per heavy atom. The summed E-state index contributed by atoms with van der Waals surface area (Å²) in [5, 5.41) is 2.94. The summed E-state index contributed by atoms with van der Waals surface area (Å²) >= 11 is 0. The van der Waals surface area contributed by atoms with Crippen molar-refractivity contribution in [3.8, 4) is 5.75 Å². The normalized spacial score (nSPS) is 13.2. The minimum atomic E-state index is -3.78. The molecule has 1 aliphatic rings. The van der Waals surface area contributed by atoms with Crippen molar-refractivity contribution < 1.29 is 17.9 Å². The lowest BCUT2D eigenvalue weighted by Gasteiger charge is -2.20. The number of fused-ring (bicyclic) bond motifs is 1. The topological polar surface area (TPSA) is 87.7 Å². The molecule has 0 radical (unpaired) electrons. The Morgan fingerprint density at radius 3 is 2.21 bits per heavy atom. The molecule has 0 atom stereocenters. The Hall–Kier alpha value is -3.52. The van der Waals surface area contributed by atoms with E-state index in [-0.39, 0.29) is 16.3 Å². The van der Waals surface area contributed by atoms with Crippen molar-refractivity contribution in [2.45, 2.75) is 70.4 Å². The van der Waals surface area contributed by atoms with E-state index in [4.69, 9.17) is 4.74 Å². The SMILES string of the molecule is CCCCCOc1ccc(NS(=O)(=O)c2ccc3c(c2)CN(C(=O)Nc2ccc(C(C)(C)C)cc2)C3)cc1. The first-order chi connectivity index (χ1) is 18.0. The lowest BCUT2D eigenvalue weighted by Crippen LogP contribution is -2.30. The second kappa shape index (κ2) is 11.5. The van der Waals surface area contributed by atoms with Crippen LogP contribution in [0.1, 0.15) is 63.6 Å². The van der Waals surface area contributed by atoms with Crippen LogP contribution in [0.25, 0.3) is 0 Å². The molecule has 202 valence electrons. The summed E-state index contributed by atoms with van der Waals surface area (Å²) in [5.74, 6) is 0.713. The van der Waals surface area contributed by atoms with Crippen molar-refractivity contribution in [2.75, 3.05) is 16.6 Å². The first-order valence-corrected chi connectivity index (χ1v) is 14.6. The third kappa shape index (κ3) is 6.86. The Bertz CT molecular complexity index is 1360. The van der Waals surface area contributed by atoms with Crippen LogP contribution in [0.3, 0.4) is 0 Å². The number of hydrogen-bond acceptors (Lipinski definition) is 4. The fourth-order valence-electron chi connectivity index (χ4n) is 4.31. The van der Waals surface area contributed by atoms with Crippen molar-refractivity contribution in [3.05, 3.63) is 83.4 Å². The number of rotatable bonds is 9. The van der Waals surface area contributed by atoms with E-state index in [0.29, 0.717) is 31.1 Å². The number of benzene rings is 3. The number of nitrogens with zero attached hydrogens (tertiary/aromatic N) is 1. The number of nitrogens with one attached hydrogen (secondary N) is 2. The Balaban J connectivity index is 1.36. The van der Waals surface area contributed by atoms with Crippen molar-refractivity contribution >= 4 is 27.4 Å². The molecule has 0 unspecified atom stereocenters. The molecule has 1 heterocycles. The van der Waals surface area contributed by atoms with Crippen LogP contribution in [0.15, 0.2) is 71.6 Å². The summed E-state index contributed by atoms with van der Waals surface area (Å²) in [6.07, 6.45) is 3.24. The molecule has 0 spiro atoms. The summed E-state index contributed by atoms with van der Waals surface area (Å²) in [5.41, 5.74) is 4.18. The third-order valence-corrected chi connectivity index (χ3v) is 8.00. The molecule has 0 aliphatic carbocycles. The van der Waals surface area contributed by atoms with Crippen LogP contribution in [0, 0.1) is 0 Å². The predicted octanol–water partition coefficient (Wildman–Crippen LogP) is 6.90. The van der Waals surface area contributed by atoms with Crippen LogP contribution < -0.4 is 14.8 Å². The number of hydrogen-bond donors (Lipinski definition) is 2. The lowest BCUT2D eigenvalue weighted by molar-refractivity contribution is 0.212. The number of amides is 2. The maximum atomic E-state index is 13.0. The van der Waals surface area contributed by atoms with Gasteiger partial charge in [-0.1, -0.05) is 58.7 Å². The summed E-state index contributed by atoms with van der Waals surface area (Å²) in [7, 11) is -3.78. The number of sulfonamides is 1. The molecule has 3 aromatic carbocycles. The van der Waals surface area contributed by atoms with E-state index in [1.54, 1.807) is 47.4 Å². The highest BCUT2D eigenvalue weighted by Gasteiger charge is 2.26. The molecule has 0 saturated carbocycles. The summed E-state index contributed by atoms with van der Waals surface area (Å²) in [4.78, 5) is 14.7. The third-order valence-electron chi connectivity index (χ3n) is 6.62. The van der Waals surface area contributed by atoms with Crippen LogP contribution >= 0.6 is 0 Å². The number of unbranched alkanes of at least 4 members (excludes halogenated alkanes) is 2. The largest absolute Gasteiger partial charge is 0.494 e. The average Bonchev–Trinajstić information content (AvgIpc) is 3.31. The monoisotopic (exact) mass is 535 g/mol. The molecule has 1 aliphatic heterocycles. The summed E-state index contributed by atoms with van der Waals surface area (Å²) < 4.78 is 34.4. The van der Waals surface area contributed by atoms with Gasteiger partial charge in [-0.3, -0.25) is 4.72 Å². The standard InChI is InChI=1S/C30H37N3O4S/c1-5-6-7-18-37-27-15-13-26(14-16-27)32-38(35,36)28-17-8-22-20-33(21-23(22)19-28)29(34)31-25-11-9-24(10-12-25)30(2,3)4/h8-17,19,32H,5-7,18,20-21H2,1-4H3,(H,31,34). The maximum absolute atomic E-state index is 13.0. The minimum absolute atomic E-state index is 0.0395. The molecule has 2 N–H and O–H groups in total. The van der Waals surface area contributed by atoms with E-state index in [1.807, 2.05) is 24.3 Å². The Labute approximate surface area is 226 Å². The second-order valence-electron chi connectivity index (χ2n) is 10.7. The zero-order valence-electron chi connectivity index (χ0n) is 22.6. The zero-order chi connectivity index (χ0) is 27.3. The molecular weight excluding hydrogens is 498 g/mol. The Kier molecular flexibility index (Phi) is 8.31. The van der Waals surface area contributed by atoms with E-state index in [0.717, 1.165) is 36.1 Å². The smallest absolute Gasteiger partial charge is 0.322 e. The van der Waals surface area contributed by atoms with Crippen LogP contribution in [0.4, 0.5) is 16.2 Å². The predicted molar refractivity (Wildman–Crippen MR) is 152 cm³/mol. The average molecular weight is 536 g/mol. The van der Waals surface area contributed by atoms with Gasteiger partial charge in [0.25, 0.3) is 10.0 Å². The van der Waals surface area contributed by atoms with Gasteiger partial charge < -0.3 is 15.0 Å². The molecule has 0 aromatic heterocycles. The second-order valence-corrected chi connectivity index (χ2v) is 12.4. The Morgan fingerprint density at radius 2 is 1.55 bits per heavy atom. The molecule has 7 nitrogen and oxygen atoms in total. The van der Waals surface area contributed by atoms with Gasteiger partial charge in [0, 0.05) is 24.5 Å². The van der Waals surface area contributed by atoms with Crippen LogP contribution in [-0.4, -0.2) is 26.0 Å². The number of urea groups is 1. The van der Waals surface area contributed by atoms with E-state index in [9.17, 15) is 13.2 Å². The quantitative estimate of drug-likeness (QED) is 0.292. The highest BCUT2D eigenvalue weighted by molar-refractivity contribution is 7.92. The van der Waals surface area contributed by atoms with Crippen LogP contribution in [0.5, 0.6) is 5.75 Å². The highest BCUT2D eigenvalue weighted by Crippen LogP contribution is 2.28. The van der Waals surface area contributed by atoms with E-state index >= 15 is 0 Å². The van der Waals surface area contributed by atoms with Gasteiger partial charge in [0.05, 0.1) is 11.5 Å². The maximum Gasteiger partial charge on any atom is 0.322 e. The summed E-state index contributed by atoms with van der Waals surface area (Å²) in [6, 6.07) is 19.6. The fourth-order valence-corrected chi connectivity index (χ4v) is 5.42. The zero-order valence-corrected chi connectivity index (χ0v) is 23.4. The van der Waals surface area contributed by atoms with Gasteiger partial charge in [0.1, 0.15) is 5.75 Å². The molecule has 0 bridgehead atoms. The van der Waals surface area contributed by atoms with Gasteiger partial charge in [-0.05, 0) is 77.1 Å². The van der Waals surface area contributed by atoms with Gasteiger partial charge in [-0.15, -0.1) is 0 Å². The fraction of sp³-hybridized carbons (Fsp3) is 0.367. The molecular formula is C30H37N3O4S. The number of carbonyl (C=O) groups is 1. The van der Waals surface area contributed by atoms with E-state index < -0.39 is 10.0 Å². The van der Waals surface area contributed by atoms with Gasteiger partial charge in [-0.2, -0.15) is 0 Å². The van der Waals surface area contributed by atoms with Gasteiger partial charge >= 0.3 is 6.03 Å². The molecule has 0 saturated heterocycles. The van der Waals surface area contributed by atoms with Crippen molar-refractivity contribution in [3.63, 3.8) is 0 Å². The van der Waals surface area contributed by atoms with E-state index in [1.165, 1.54) is 5.56 Å². The van der Waals surface area contributed by atoms with Gasteiger partial charge in [0.2, 0.25) is 0 Å². The van der Waals surface area contributed by atoms with Gasteiger partial charge in [0.15, 0.2) is 0 Å². The first kappa shape index (κ1) is 27.5. The molecule has 2 amide bonds. The molecule has 8 heteroatoms. The van der Waals surface area contributed by atoms with Crippen molar-refractivity contribution in [1.29, 1.82) is 0 Å². The number of ether oxygens (including phenoxy) is 1. The van der Waals surface area contributed by atoms with Crippen molar-refractivity contribution in [1.82, 2.24) is 4.90 Å². The highest BCUT2D eigenvalue weighted by atomic mass is 32.2. The molecule has 4 rings (SSSR count). The summed E-state index contributed by atoms with van der Waals surface area (Å²) in [6.45, 7) is 9.99. The first-order valence-electron chi connectivity index (χ1n) is 13.1. The van der Waals surface area contributed by atoms with E-state index in [2.05, 4.69) is 37.7 Å². The molecule has 3 aromatic rings. The lowest BCUT2D eigenvalue weighted by atomic mass is 9.87. The minimum Gasteiger partial charge on any atom is -0.494 e. The van der Waals surface area contributed by atoms with Crippen LogP contribution in [-0.2, 0) is 28.5 Å². The number of anilines is 2. The molecule has 38 heavy (non-hydrogen) atoms. The molecule has 0 fully saturated rings. The number of carbonyl (C=O) groups excluding carboxylic acids is 1. The van der Waals surface area contributed by atoms with Crippen LogP contribution in [0.2, 0.25) is 0 Å². The van der Waals surface area contributed by atoms with Gasteiger partial charge in [-0.25, -0.2) is 13.2 Å².